The van der Waals surface area contributed by atoms with Crippen LogP contribution in [-0.2, 0) is 0 Å². The van der Waals surface area contributed by atoms with E-state index >= 15 is 0 Å². The number of carbonyl (C=O) groups excluding carboxylic acids is 1. The minimum absolute atomic E-state index is 0.125. The lowest BCUT2D eigenvalue weighted by Crippen LogP contribution is -2.28. The highest BCUT2D eigenvalue weighted by Gasteiger charge is 2.07. The van der Waals surface area contributed by atoms with Crippen LogP contribution in [0.15, 0.2) is 12.7 Å². The van der Waals surface area contributed by atoms with E-state index in [0.717, 1.165) is 0 Å². The average molecular weight is 130 g/mol. The molecule has 1 N–H and O–H groups in total. The maximum Gasteiger partial charge on any atom is 0.532 e. The Morgan fingerprint density at radius 3 is 2.78 bits per heavy atom. The van der Waals surface area contributed by atoms with Crippen LogP contribution in [0.25, 0.3) is 0 Å². The first-order valence-electron chi connectivity index (χ1n) is 2.21. The van der Waals surface area contributed by atoms with Crippen LogP contribution in [0.2, 0.25) is 0 Å². The van der Waals surface area contributed by atoms with Crippen LogP contribution in [0.5, 0.6) is 0 Å². The van der Waals surface area contributed by atoms with E-state index in [1.807, 2.05) is 5.32 Å². The molecule has 0 fully saturated rings. The van der Waals surface area contributed by atoms with Gasteiger partial charge < -0.3 is 10.1 Å². The number of nitro groups is 1. The highest BCUT2D eigenvalue weighted by atomic mass is 16.6. The number of rotatable bonds is 2. The van der Waals surface area contributed by atoms with Gasteiger partial charge in [-0.15, -0.1) is 0 Å². The van der Waals surface area contributed by atoms with Gasteiger partial charge in [-0.25, -0.2) is 5.32 Å². The molecule has 0 saturated carbocycles. The third-order valence-corrected chi connectivity index (χ3v) is 0.563. The van der Waals surface area contributed by atoms with Crippen LogP contribution in [-0.4, -0.2) is 17.5 Å². The summed E-state index contributed by atoms with van der Waals surface area (Å²) in [6.45, 7) is 3.38. The Hall–Kier alpha value is -1.39. The summed E-state index contributed by atoms with van der Waals surface area (Å²) in [5, 5.41) is 11.5. The van der Waals surface area contributed by atoms with Crippen LogP contribution in [0.1, 0.15) is 0 Å². The Kier molecular flexibility index (Phi) is 3.04. The highest BCUT2D eigenvalue weighted by molar-refractivity contribution is 5.64. The molecule has 0 aromatic rings. The predicted octanol–water partition coefficient (Wildman–Crippen LogP) is 0.159. The van der Waals surface area contributed by atoms with E-state index in [9.17, 15) is 14.9 Å². The quantitative estimate of drug-likeness (QED) is 0.328. The van der Waals surface area contributed by atoms with Crippen LogP contribution >= 0.6 is 0 Å². The summed E-state index contributed by atoms with van der Waals surface area (Å²) < 4.78 is 0. The summed E-state index contributed by atoms with van der Waals surface area (Å²) in [7, 11) is 0. The first-order chi connectivity index (χ1) is 4.18. The SMILES string of the molecule is C=CCNC(=O)[N+](=O)[O-]. The summed E-state index contributed by atoms with van der Waals surface area (Å²) in [5.41, 5.74) is 0. The fraction of sp³-hybridized carbons (Fsp3) is 0.250. The van der Waals surface area contributed by atoms with Crippen molar-refractivity contribution in [1.29, 1.82) is 0 Å². The maximum absolute atomic E-state index is 10.0. The highest BCUT2D eigenvalue weighted by Crippen LogP contribution is 1.70. The third-order valence-electron chi connectivity index (χ3n) is 0.563. The molecule has 2 amide bonds. The molecule has 5 heteroatoms. The number of urea groups is 1. The fourth-order valence-corrected chi connectivity index (χ4v) is 0.224. The van der Waals surface area contributed by atoms with Gasteiger partial charge >= 0.3 is 6.03 Å². The first-order valence-corrected chi connectivity index (χ1v) is 2.21. The molecule has 0 radical (unpaired) electrons. The monoisotopic (exact) mass is 130 g/mol. The van der Waals surface area contributed by atoms with Gasteiger partial charge in [0.2, 0.25) is 0 Å². The van der Waals surface area contributed by atoms with Gasteiger partial charge in [-0.1, -0.05) is 12.7 Å². The van der Waals surface area contributed by atoms with Crippen LogP contribution in [0.3, 0.4) is 0 Å². The largest absolute Gasteiger partial charge is 0.532 e. The molecule has 5 nitrogen and oxygen atoms in total. The zero-order valence-corrected chi connectivity index (χ0v) is 4.66. The summed E-state index contributed by atoms with van der Waals surface area (Å²) in [6, 6.07) is -1.20. The topological polar surface area (TPSA) is 72.2 Å². The Labute approximate surface area is 51.5 Å². The number of nitrogens with zero attached hydrogens (tertiary/aromatic N) is 1. The lowest BCUT2D eigenvalue weighted by molar-refractivity contribution is -0.374. The van der Waals surface area contributed by atoms with Crippen molar-refractivity contribution in [3.63, 3.8) is 0 Å². The summed E-state index contributed by atoms with van der Waals surface area (Å²) in [6.07, 6.45) is 1.36. The van der Waals surface area contributed by atoms with Gasteiger partial charge in [0.25, 0.3) is 0 Å². The third kappa shape index (κ3) is 3.22. The van der Waals surface area contributed by atoms with E-state index in [-0.39, 0.29) is 6.54 Å². The van der Waals surface area contributed by atoms with Gasteiger partial charge in [0.05, 0.1) is 0 Å². The van der Waals surface area contributed by atoms with E-state index in [4.69, 9.17) is 0 Å². The summed E-state index contributed by atoms with van der Waals surface area (Å²) in [4.78, 5) is 18.6. The van der Waals surface area contributed by atoms with Gasteiger partial charge in [-0.3, -0.25) is 0 Å². The number of hydrogen-bond acceptors (Lipinski definition) is 3. The van der Waals surface area contributed by atoms with E-state index in [0.29, 0.717) is 0 Å². The second-order valence-electron chi connectivity index (χ2n) is 1.23. The molecule has 0 aromatic carbocycles. The van der Waals surface area contributed by atoms with Crippen molar-refractivity contribution in [2.24, 2.45) is 0 Å². The van der Waals surface area contributed by atoms with E-state index < -0.39 is 11.0 Å². The van der Waals surface area contributed by atoms with Crippen molar-refractivity contribution in [2.75, 3.05) is 6.54 Å². The van der Waals surface area contributed by atoms with Crippen LogP contribution in [0.4, 0.5) is 4.79 Å². The van der Waals surface area contributed by atoms with E-state index in [1.165, 1.54) is 6.08 Å². The smallest absolute Gasteiger partial charge is 0.355 e. The molecule has 0 unspecified atom stereocenters. The minimum atomic E-state index is -1.20. The van der Waals surface area contributed by atoms with Crippen molar-refractivity contribution in [1.82, 2.24) is 5.32 Å². The zero-order chi connectivity index (χ0) is 7.28. The van der Waals surface area contributed by atoms with Gasteiger partial charge in [0.15, 0.2) is 0 Å². The van der Waals surface area contributed by atoms with Crippen molar-refractivity contribution < 1.29 is 9.72 Å². The molecule has 50 valence electrons. The molecule has 0 heterocycles. The standard InChI is InChI=1S/C4H6N2O3/c1-2-3-5-4(7)6(8)9/h2H,1,3H2,(H,5,7). The first kappa shape index (κ1) is 7.61. The molecule has 0 saturated heterocycles. The molecule has 0 aliphatic carbocycles. The number of amides is 2. The molecule has 0 aliphatic heterocycles. The van der Waals surface area contributed by atoms with Gasteiger partial charge in [-0.2, -0.15) is 4.79 Å². The van der Waals surface area contributed by atoms with Crippen molar-refractivity contribution >= 4 is 6.03 Å². The Morgan fingerprint density at radius 1 is 1.89 bits per heavy atom. The molecular weight excluding hydrogens is 124 g/mol. The van der Waals surface area contributed by atoms with Gasteiger partial charge in [-0.05, 0) is 0 Å². The molecule has 0 spiro atoms. The maximum atomic E-state index is 10.0. The Bertz CT molecular complexity index is 143. The van der Waals surface area contributed by atoms with Crippen molar-refractivity contribution in [3.8, 4) is 0 Å². The second kappa shape index (κ2) is 3.59. The molecule has 0 atom stereocenters. The van der Waals surface area contributed by atoms with Crippen molar-refractivity contribution in [2.45, 2.75) is 0 Å². The molecule has 0 bridgehead atoms. The predicted molar refractivity (Wildman–Crippen MR) is 30.6 cm³/mol. The number of nitrogens with one attached hydrogen (secondary N) is 1. The lowest BCUT2D eigenvalue weighted by atomic mass is 10.6. The minimum Gasteiger partial charge on any atom is -0.355 e. The van der Waals surface area contributed by atoms with E-state index in [1.54, 1.807) is 0 Å². The zero-order valence-electron chi connectivity index (χ0n) is 4.66. The fourth-order valence-electron chi connectivity index (χ4n) is 0.224. The summed E-state index contributed by atoms with van der Waals surface area (Å²) in [5.74, 6) is 0. The molecule has 0 aromatic heterocycles. The second-order valence-corrected chi connectivity index (χ2v) is 1.23. The van der Waals surface area contributed by atoms with Crippen LogP contribution in [0, 0.1) is 10.1 Å². The van der Waals surface area contributed by atoms with E-state index in [2.05, 4.69) is 6.58 Å². The molecule has 9 heavy (non-hydrogen) atoms. The Balaban J connectivity index is 3.51. The number of hydrogen-bond donors (Lipinski definition) is 1. The lowest BCUT2D eigenvalue weighted by Gasteiger charge is -1.90. The normalized spacial score (nSPS) is 8.00. The van der Waals surface area contributed by atoms with Crippen LogP contribution < -0.4 is 5.32 Å². The van der Waals surface area contributed by atoms with Gasteiger partial charge in [0, 0.05) is 4.92 Å². The van der Waals surface area contributed by atoms with Gasteiger partial charge in [0.1, 0.15) is 6.54 Å². The van der Waals surface area contributed by atoms with Crippen molar-refractivity contribution in [3.05, 3.63) is 22.8 Å². The molecule has 0 aliphatic rings. The average Bonchev–Trinajstić information content (AvgIpc) is 1.82. The molecular formula is C4H6N2O3. The molecule has 0 rings (SSSR count). The Morgan fingerprint density at radius 2 is 2.44 bits per heavy atom. The number of carbonyl (C=O) groups is 1. The summed E-state index contributed by atoms with van der Waals surface area (Å²) >= 11 is 0.